The fourth-order valence-electron chi connectivity index (χ4n) is 1.51. The number of hydrogen-bond donors (Lipinski definition) is 2. The second kappa shape index (κ2) is 7.34. The SMILES string of the molecule is CC(C)(C)NCCCNCc1ccc(I)cc1. The van der Waals surface area contributed by atoms with E-state index in [0.29, 0.717) is 0 Å². The molecule has 0 saturated heterocycles. The maximum atomic E-state index is 3.49. The molecular weight excluding hydrogens is 323 g/mol. The van der Waals surface area contributed by atoms with Crippen molar-refractivity contribution in [2.45, 2.75) is 39.3 Å². The van der Waals surface area contributed by atoms with Gasteiger partial charge in [0, 0.05) is 15.7 Å². The first-order chi connectivity index (χ1) is 7.97. The van der Waals surface area contributed by atoms with Crippen molar-refractivity contribution in [2.24, 2.45) is 0 Å². The van der Waals surface area contributed by atoms with Crippen molar-refractivity contribution in [2.75, 3.05) is 13.1 Å². The maximum Gasteiger partial charge on any atom is 0.0205 e. The zero-order valence-corrected chi connectivity index (χ0v) is 13.2. The van der Waals surface area contributed by atoms with Gasteiger partial charge in [0.15, 0.2) is 0 Å². The van der Waals surface area contributed by atoms with E-state index in [0.717, 1.165) is 19.6 Å². The van der Waals surface area contributed by atoms with Gasteiger partial charge < -0.3 is 10.6 Å². The number of halogens is 1. The monoisotopic (exact) mass is 346 g/mol. The average molecular weight is 346 g/mol. The fourth-order valence-corrected chi connectivity index (χ4v) is 1.87. The Morgan fingerprint density at radius 3 is 2.29 bits per heavy atom. The Morgan fingerprint density at radius 2 is 1.71 bits per heavy atom. The molecule has 0 amide bonds. The van der Waals surface area contributed by atoms with Crippen LogP contribution in [-0.4, -0.2) is 18.6 Å². The molecular formula is C14H23IN2. The minimum absolute atomic E-state index is 0.232. The molecule has 0 aliphatic heterocycles. The summed E-state index contributed by atoms with van der Waals surface area (Å²) in [6.07, 6.45) is 1.17. The van der Waals surface area contributed by atoms with E-state index >= 15 is 0 Å². The minimum atomic E-state index is 0.232. The number of hydrogen-bond acceptors (Lipinski definition) is 2. The molecule has 0 bridgehead atoms. The van der Waals surface area contributed by atoms with E-state index in [-0.39, 0.29) is 5.54 Å². The molecule has 0 saturated carbocycles. The van der Waals surface area contributed by atoms with Crippen molar-refractivity contribution in [3.8, 4) is 0 Å². The average Bonchev–Trinajstić information content (AvgIpc) is 2.24. The van der Waals surface area contributed by atoms with Gasteiger partial charge >= 0.3 is 0 Å². The summed E-state index contributed by atoms with van der Waals surface area (Å²) in [6.45, 7) is 9.70. The van der Waals surface area contributed by atoms with Gasteiger partial charge in [0.1, 0.15) is 0 Å². The van der Waals surface area contributed by atoms with Crippen LogP contribution >= 0.6 is 22.6 Å². The van der Waals surface area contributed by atoms with Gasteiger partial charge in [-0.05, 0) is 80.6 Å². The second-order valence-electron chi connectivity index (χ2n) is 5.33. The molecule has 17 heavy (non-hydrogen) atoms. The highest BCUT2D eigenvalue weighted by Gasteiger charge is 2.06. The first-order valence-corrected chi connectivity index (χ1v) is 7.25. The lowest BCUT2D eigenvalue weighted by Crippen LogP contribution is -2.37. The largest absolute Gasteiger partial charge is 0.313 e. The van der Waals surface area contributed by atoms with Crippen LogP contribution in [-0.2, 0) is 6.54 Å². The van der Waals surface area contributed by atoms with E-state index in [9.17, 15) is 0 Å². The lowest BCUT2D eigenvalue weighted by Gasteiger charge is -2.20. The van der Waals surface area contributed by atoms with Crippen molar-refractivity contribution in [3.63, 3.8) is 0 Å². The second-order valence-corrected chi connectivity index (χ2v) is 6.58. The van der Waals surface area contributed by atoms with Gasteiger partial charge in [-0.1, -0.05) is 12.1 Å². The predicted molar refractivity (Wildman–Crippen MR) is 83.2 cm³/mol. The Bertz CT molecular complexity index is 314. The number of rotatable bonds is 6. The first-order valence-electron chi connectivity index (χ1n) is 6.17. The third kappa shape index (κ3) is 7.73. The Kier molecular flexibility index (Phi) is 6.44. The maximum absolute atomic E-state index is 3.49. The molecule has 0 heterocycles. The molecule has 0 spiro atoms. The summed E-state index contributed by atoms with van der Waals surface area (Å²) in [5.41, 5.74) is 1.59. The molecule has 0 fully saturated rings. The van der Waals surface area contributed by atoms with Crippen LogP contribution in [0.15, 0.2) is 24.3 Å². The quantitative estimate of drug-likeness (QED) is 0.611. The molecule has 3 heteroatoms. The molecule has 2 nitrogen and oxygen atoms in total. The Balaban J connectivity index is 2.07. The van der Waals surface area contributed by atoms with Crippen LogP contribution in [0.4, 0.5) is 0 Å². The highest BCUT2D eigenvalue weighted by Crippen LogP contribution is 2.06. The van der Waals surface area contributed by atoms with Gasteiger partial charge in [-0.25, -0.2) is 0 Å². The minimum Gasteiger partial charge on any atom is -0.313 e. The summed E-state index contributed by atoms with van der Waals surface area (Å²) >= 11 is 2.33. The van der Waals surface area contributed by atoms with Crippen molar-refractivity contribution >= 4 is 22.6 Å². The van der Waals surface area contributed by atoms with Crippen molar-refractivity contribution < 1.29 is 0 Å². The van der Waals surface area contributed by atoms with E-state index < -0.39 is 0 Å². The van der Waals surface area contributed by atoms with E-state index in [2.05, 4.69) is 78.3 Å². The van der Waals surface area contributed by atoms with Gasteiger partial charge in [0.25, 0.3) is 0 Å². The number of benzene rings is 1. The molecule has 0 atom stereocenters. The fraction of sp³-hybridized carbons (Fsp3) is 0.571. The van der Waals surface area contributed by atoms with E-state index in [4.69, 9.17) is 0 Å². The summed E-state index contributed by atoms with van der Waals surface area (Å²) < 4.78 is 1.29. The third-order valence-electron chi connectivity index (χ3n) is 2.43. The van der Waals surface area contributed by atoms with Gasteiger partial charge in [-0.15, -0.1) is 0 Å². The van der Waals surface area contributed by atoms with Crippen LogP contribution in [0.25, 0.3) is 0 Å². The topological polar surface area (TPSA) is 24.1 Å². The van der Waals surface area contributed by atoms with Crippen LogP contribution in [0.1, 0.15) is 32.8 Å². The van der Waals surface area contributed by atoms with Crippen LogP contribution in [0.3, 0.4) is 0 Å². The van der Waals surface area contributed by atoms with Crippen molar-refractivity contribution in [1.82, 2.24) is 10.6 Å². The third-order valence-corrected chi connectivity index (χ3v) is 3.15. The molecule has 1 rings (SSSR count). The molecule has 0 aliphatic rings. The molecule has 1 aromatic carbocycles. The zero-order valence-electron chi connectivity index (χ0n) is 11.0. The lowest BCUT2D eigenvalue weighted by molar-refractivity contribution is 0.418. The van der Waals surface area contributed by atoms with Crippen molar-refractivity contribution in [1.29, 1.82) is 0 Å². The van der Waals surface area contributed by atoms with Gasteiger partial charge in [-0.2, -0.15) is 0 Å². The van der Waals surface area contributed by atoms with Crippen LogP contribution in [0.5, 0.6) is 0 Å². The van der Waals surface area contributed by atoms with Gasteiger partial charge in [0.2, 0.25) is 0 Å². The molecule has 1 aromatic rings. The zero-order chi connectivity index (χ0) is 12.7. The molecule has 96 valence electrons. The Labute approximate surface area is 119 Å². The summed E-state index contributed by atoms with van der Waals surface area (Å²) in [5.74, 6) is 0. The standard InChI is InChI=1S/C14H23IN2/c1-14(2,3)17-10-4-9-16-11-12-5-7-13(15)8-6-12/h5-8,16-17H,4,9-11H2,1-3H3. The molecule has 2 N–H and O–H groups in total. The summed E-state index contributed by atoms with van der Waals surface area (Å²) in [6, 6.07) is 8.67. The van der Waals surface area contributed by atoms with Crippen LogP contribution in [0.2, 0.25) is 0 Å². The highest BCUT2D eigenvalue weighted by molar-refractivity contribution is 14.1. The Morgan fingerprint density at radius 1 is 1.06 bits per heavy atom. The van der Waals surface area contributed by atoms with Gasteiger partial charge in [-0.3, -0.25) is 0 Å². The van der Waals surface area contributed by atoms with E-state index in [1.165, 1.54) is 15.6 Å². The summed E-state index contributed by atoms with van der Waals surface area (Å²) in [4.78, 5) is 0. The molecule has 0 aliphatic carbocycles. The van der Waals surface area contributed by atoms with Crippen LogP contribution in [0, 0.1) is 3.57 Å². The molecule has 0 radical (unpaired) electrons. The summed E-state index contributed by atoms with van der Waals surface area (Å²) in [5, 5.41) is 6.95. The van der Waals surface area contributed by atoms with Crippen LogP contribution < -0.4 is 10.6 Å². The highest BCUT2D eigenvalue weighted by atomic mass is 127. The lowest BCUT2D eigenvalue weighted by atomic mass is 10.1. The molecule has 0 unspecified atom stereocenters. The van der Waals surface area contributed by atoms with E-state index in [1.54, 1.807) is 0 Å². The molecule has 0 aromatic heterocycles. The predicted octanol–water partition coefficient (Wildman–Crippen LogP) is 3.16. The van der Waals surface area contributed by atoms with Crippen molar-refractivity contribution in [3.05, 3.63) is 33.4 Å². The number of nitrogens with one attached hydrogen (secondary N) is 2. The normalized spacial score (nSPS) is 11.8. The summed E-state index contributed by atoms with van der Waals surface area (Å²) in [7, 11) is 0. The first kappa shape index (κ1) is 14.9. The Hall–Kier alpha value is -0.130. The van der Waals surface area contributed by atoms with E-state index in [1.807, 2.05) is 0 Å². The smallest absolute Gasteiger partial charge is 0.0205 e. The van der Waals surface area contributed by atoms with Gasteiger partial charge in [0.05, 0.1) is 0 Å².